The van der Waals surface area contributed by atoms with Crippen molar-refractivity contribution in [3.05, 3.63) is 12.7 Å². The highest BCUT2D eigenvalue weighted by molar-refractivity contribution is 4.66. The van der Waals surface area contributed by atoms with Gasteiger partial charge < -0.3 is 0 Å². The summed E-state index contributed by atoms with van der Waals surface area (Å²) in [6, 6.07) is 0. The lowest BCUT2D eigenvalue weighted by Crippen LogP contribution is -1.99. The molecular weight excluding hydrogens is 192 g/mol. The minimum absolute atomic E-state index is 1.00. The molecule has 0 heterocycles. The van der Waals surface area contributed by atoms with Gasteiger partial charge in [-0.15, -0.1) is 6.58 Å². The molecule has 0 saturated heterocycles. The van der Waals surface area contributed by atoms with E-state index in [9.17, 15) is 0 Å². The van der Waals surface area contributed by atoms with Gasteiger partial charge in [0.15, 0.2) is 0 Å². The van der Waals surface area contributed by atoms with E-state index in [1.165, 1.54) is 70.6 Å². The van der Waals surface area contributed by atoms with Crippen molar-refractivity contribution in [1.29, 1.82) is 0 Å². The van der Waals surface area contributed by atoms with Gasteiger partial charge in [-0.2, -0.15) is 0 Å². The maximum absolute atomic E-state index is 3.77. The van der Waals surface area contributed by atoms with Crippen LogP contribution < -0.4 is 0 Å². The Morgan fingerprint density at radius 3 is 2.00 bits per heavy atom. The van der Waals surface area contributed by atoms with E-state index in [0.717, 1.165) is 5.92 Å². The van der Waals surface area contributed by atoms with Gasteiger partial charge in [0.05, 0.1) is 0 Å². The molecule has 0 aliphatic heterocycles. The monoisotopic (exact) mass is 224 g/mol. The summed E-state index contributed by atoms with van der Waals surface area (Å²) in [5, 5.41) is 0. The molecule has 1 atom stereocenters. The molecule has 0 aliphatic rings. The standard InChI is InChI=1S/C16H32/c1-4-7-9-11-13-15-16(6-3)14-12-10-8-5-2/h4,16H,1,5-15H2,2-3H3. The Morgan fingerprint density at radius 2 is 1.50 bits per heavy atom. The molecule has 1 unspecified atom stereocenters. The molecule has 0 fully saturated rings. The van der Waals surface area contributed by atoms with Gasteiger partial charge in [-0.25, -0.2) is 0 Å². The first-order valence-corrected chi connectivity index (χ1v) is 7.46. The van der Waals surface area contributed by atoms with Crippen LogP contribution in [0.2, 0.25) is 0 Å². The summed E-state index contributed by atoms with van der Waals surface area (Å²) in [7, 11) is 0. The van der Waals surface area contributed by atoms with Gasteiger partial charge in [0.2, 0.25) is 0 Å². The van der Waals surface area contributed by atoms with E-state index < -0.39 is 0 Å². The molecule has 16 heavy (non-hydrogen) atoms. The molecule has 0 spiro atoms. The topological polar surface area (TPSA) is 0 Å². The Balaban J connectivity index is 3.32. The summed E-state index contributed by atoms with van der Waals surface area (Å²) < 4.78 is 0. The van der Waals surface area contributed by atoms with Crippen molar-refractivity contribution in [3.8, 4) is 0 Å². The molecule has 0 aromatic heterocycles. The van der Waals surface area contributed by atoms with Gasteiger partial charge in [0.1, 0.15) is 0 Å². The summed E-state index contributed by atoms with van der Waals surface area (Å²) in [5.41, 5.74) is 0. The number of unbranched alkanes of at least 4 members (excludes halogenated alkanes) is 6. The molecule has 0 N–H and O–H groups in total. The van der Waals surface area contributed by atoms with Crippen molar-refractivity contribution < 1.29 is 0 Å². The zero-order valence-electron chi connectivity index (χ0n) is 11.6. The fourth-order valence-electron chi connectivity index (χ4n) is 2.31. The van der Waals surface area contributed by atoms with Crippen molar-refractivity contribution >= 4 is 0 Å². The van der Waals surface area contributed by atoms with E-state index in [1.807, 2.05) is 6.08 Å². The fraction of sp³-hybridized carbons (Fsp3) is 0.875. The van der Waals surface area contributed by atoms with Crippen LogP contribution >= 0.6 is 0 Å². The minimum Gasteiger partial charge on any atom is -0.103 e. The average Bonchev–Trinajstić information content (AvgIpc) is 2.31. The van der Waals surface area contributed by atoms with Crippen molar-refractivity contribution in [2.24, 2.45) is 5.92 Å². The Bertz CT molecular complexity index is 137. The molecule has 0 rings (SSSR count). The quantitative estimate of drug-likeness (QED) is 0.277. The highest BCUT2D eigenvalue weighted by atomic mass is 14.1. The second kappa shape index (κ2) is 12.8. The minimum atomic E-state index is 1.00. The summed E-state index contributed by atoms with van der Waals surface area (Å²) in [6.45, 7) is 8.41. The summed E-state index contributed by atoms with van der Waals surface area (Å²) in [4.78, 5) is 0. The van der Waals surface area contributed by atoms with Crippen LogP contribution in [0.1, 0.15) is 84.5 Å². The molecule has 0 heteroatoms. The Labute approximate surface area is 104 Å². The highest BCUT2D eigenvalue weighted by Gasteiger charge is 2.05. The second-order valence-corrected chi connectivity index (χ2v) is 5.05. The van der Waals surface area contributed by atoms with Crippen LogP contribution in [0.25, 0.3) is 0 Å². The largest absolute Gasteiger partial charge is 0.103 e. The zero-order chi connectivity index (χ0) is 12.1. The molecule has 0 nitrogen and oxygen atoms in total. The van der Waals surface area contributed by atoms with Crippen LogP contribution in [-0.2, 0) is 0 Å². The third-order valence-corrected chi connectivity index (χ3v) is 3.56. The lowest BCUT2D eigenvalue weighted by Gasteiger charge is -2.14. The number of hydrogen-bond donors (Lipinski definition) is 0. The van der Waals surface area contributed by atoms with Crippen LogP contribution in [0.5, 0.6) is 0 Å². The number of rotatable bonds is 12. The Kier molecular flexibility index (Phi) is 12.6. The van der Waals surface area contributed by atoms with Crippen LogP contribution in [0.4, 0.5) is 0 Å². The lowest BCUT2D eigenvalue weighted by molar-refractivity contribution is 0.396. The van der Waals surface area contributed by atoms with E-state index in [-0.39, 0.29) is 0 Å². The zero-order valence-corrected chi connectivity index (χ0v) is 11.6. The van der Waals surface area contributed by atoms with Crippen molar-refractivity contribution in [2.75, 3.05) is 0 Å². The van der Waals surface area contributed by atoms with Gasteiger partial charge in [-0.05, 0) is 18.8 Å². The molecule has 0 saturated carbocycles. The van der Waals surface area contributed by atoms with Gasteiger partial charge in [0, 0.05) is 0 Å². The molecule has 96 valence electrons. The van der Waals surface area contributed by atoms with E-state index >= 15 is 0 Å². The second-order valence-electron chi connectivity index (χ2n) is 5.05. The van der Waals surface area contributed by atoms with Gasteiger partial charge in [0.25, 0.3) is 0 Å². The van der Waals surface area contributed by atoms with Gasteiger partial charge in [-0.3, -0.25) is 0 Å². The molecular formula is C16H32. The summed E-state index contributed by atoms with van der Waals surface area (Å²) in [6.07, 6.45) is 17.4. The maximum Gasteiger partial charge on any atom is -0.0353 e. The smallest absolute Gasteiger partial charge is 0.0353 e. The Hall–Kier alpha value is -0.260. The summed E-state index contributed by atoms with van der Waals surface area (Å²) >= 11 is 0. The van der Waals surface area contributed by atoms with Gasteiger partial charge in [-0.1, -0.05) is 77.7 Å². The first-order chi connectivity index (χ1) is 7.85. The molecule has 0 aliphatic carbocycles. The molecule has 0 aromatic carbocycles. The normalized spacial score (nSPS) is 12.6. The van der Waals surface area contributed by atoms with Crippen molar-refractivity contribution in [2.45, 2.75) is 84.5 Å². The van der Waals surface area contributed by atoms with E-state index in [2.05, 4.69) is 20.4 Å². The molecule has 0 amide bonds. The van der Waals surface area contributed by atoms with Crippen LogP contribution in [0.3, 0.4) is 0 Å². The maximum atomic E-state index is 3.77. The van der Waals surface area contributed by atoms with Gasteiger partial charge >= 0.3 is 0 Å². The third kappa shape index (κ3) is 10.3. The van der Waals surface area contributed by atoms with Crippen molar-refractivity contribution in [1.82, 2.24) is 0 Å². The third-order valence-electron chi connectivity index (χ3n) is 3.56. The van der Waals surface area contributed by atoms with E-state index in [0.29, 0.717) is 0 Å². The SMILES string of the molecule is C=CCCCCCC(CC)CCCCCC. The number of hydrogen-bond acceptors (Lipinski definition) is 0. The van der Waals surface area contributed by atoms with Crippen LogP contribution in [-0.4, -0.2) is 0 Å². The first-order valence-electron chi connectivity index (χ1n) is 7.46. The molecule has 0 aromatic rings. The molecule has 0 bridgehead atoms. The number of allylic oxidation sites excluding steroid dienone is 1. The van der Waals surface area contributed by atoms with E-state index in [1.54, 1.807) is 0 Å². The first kappa shape index (κ1) is 15.7. The van der Waals surface area contributed by atoms with Crippen molar-refractivity contribution in [3.63, 3.8) is 0 Å². The summed E-state index contributed by atoms with van der Waals surface area (Å²) in [5.74, 6) is 1.00. The predicted octanol–water partition coefficient (Wildman–Crippen LogP) is 6.12. The Morgan fingerprint density at radius 1 is 0.875 bits per heavy atom. The van der Waals surface area contributed by atoms with Crippen LogP contribution in [0, 0.1) is 5.92 Å². The predicted molar refractivity (Wildman–Crippen MR) is 75.8 cm³/mol. The highest BCUT2D eigenvalue weighted by Crippen LogP contribution is 2.20. The van der Waals surface area contributed by atoms with Crippen LogP contribution in [0.15, 0.2) is 12.7 Å². The molecule has 0 radical (unpaired) electrons. The average molecular weight is 224 g/mol. The van der Waals surface area contributed by atoms with E-state index in [4.69, 9.17) is 0 Å². The lowest BCUT2D eigenvalue weighted by atomic mass is 9.92. The fourth-order valence-corrected chi connectivity index (χ4v) is 2.31.